The van der Waals surface area contributed by atoms with Crippen LogP contribution in [0.5, 0.6) is 11.5 Å². The molecule has 1 aliphatic rings. The molecule has 0 saturated heterocycles. The molecule has 1 aliphatic heterocycles. The van der Waals surface area contributed by atoms with Crippen LogP contribution in [0, 0.1) is 0 Å². The van der Waals surface area contributed by atoms with Crippen LogP contribution in [0.2, 0.25) is 0 Å². The van der Waals surface area contributed by atoms with E-state index in [9.17, 15) is 4.21 Å². The van der Waals surface area contributed by atoms with Gasteiger partial charge in [-0.25, -0.2) is 8.57 Å². The summed E-state index contributed by atoms with van der Waals surface area (Å²) in [5.74, 6) is 2.06. The fraction of sp³-hybridized carbons (Fsp3) is 0.500. The van der Waals surface area contributed by atoms with Crippen molar-refractivity contribution in [2.24, 2.45) is 4.36 Å². The minimum Gasteiger partial charge on any atom is -0.493 e. The van der Waals surface area contributed by atoms with E-state index in [2.05, 4.69) is 4.36 Å². The molecule has 0 bridgehead atoms. The maximum absolute atomic E-state index is 11.5. The molecule has 17 heavy (non-hydrogen) atoms. The third-order valence-corrected chi connectivity index (χ3v) is 4.32. The van der Waals surface area contributed by atoms with Crippen molar-refractivity contribution in [3.8, 4) is 11.5 Å². The Kier molecular flexibility index (Phi) is 3.28. The first-order chi connectivity index (χ1) is 8.05. The Hall–Kier alpha value is -1.23. The quantitative estimate of drug-likeness (QED) is 0.829. The molecular weight excluding hydrogens is 238 g/mol. The SMILES string of the molecule is CCOc1cc(C2CS(C)(=O)=N2)ccc1OC. The van der Waals surface area contributed by atoms with E-state index in [1.165, 1.54) is 0 Å². The lowest BCUT2D eigenvalue weighted by molar-refractivity contribution is 0.310. The van der Waals surface area contributed by atoms with Gasteiger partial charge in [0.1, 0.15) is 0 Å². The average molecular weight is 255 g/mol. The van der Waals surface area contributed by atoms with Gasteiger partial charge in [-0.1, -0.05) is 6.07 Å². The normalized spacial score (nSPS) is 26.9. The highest BCUT2D eigenvalue weighted by Gasteiger charge is 2.26. The average Bonchev–Trinajstić information content (AvgIpc) is 2.26. The standard InChI is InChI=1S/C12H17NO3S/c1-4-16-12-7-9(5-6-11(12)15-2)10-8-17(3,14)13-10/h5-7,10H,4,8H2,1-3H3. The maximum atomic E-state index is 11.5. The molecule has 5 heteroatoms. The van der Waals surface area contributed by atoms with E-state index < -0.39 is 9.73 Å². The molecule has 0 aliphatic carbocycles. The summed E-state index contributed by atoms with van der Waals surface area (Å²) in [5.41, 5.74) is 1.04. The summed E-state index contributed by atoms with van der Waals surface area (Å²) in [6, 6.07) is 5.78. The van der Waals surface area contributed by atoms with Crippen LogP contribution in [0.25, 0.3) is 0 Å². The lowest BCUT2D eigenvalue weighted by atomic mass is 10.1. The molecule has 0 saturated carbocycles. The highest BCUT2D eigenvalue weighted by Crippen LogP contribution is 2.35. The molecule has 1 heterocycles. The minimum atomic E-state index is -1.92. The van der Waals surface area contributed by atoms with E-state index in [4.69, 9.17) is 9.47 Å². The van der Waals surface area contributed by atoms with Gasteiger partial charge >= 0.3 is 0 Å². The van der Waals surface area contributed by atoms with E-state index in [-0.39, 0.29) is 6.04 Å². The Bertz CT molecular complexity index is 533. The molecule has 0 fully saturated rings. The number of methoxy groups -OCH3 is 1. The minimum absolute atomic E-state index is 0.0395. The Balaban J connectivity index is 2.29. The number of rotatable bonds is 4. The Labute approximate surface area is 102 Å². The molecule has 0 aromatic heterocycles. The Morgan fingerprint density at radius 3 is 2.71 bits per heavy atom. The summed E-state index contributed by atoms with van der Waals surface area (Å²) in [5, 5.41) is 0. The van der Waals surface area contributed by atoms with Crippen LogP contribution in [0.1, 0.15) is 18.5 Å². The highest BCUT2D eigenvalue weighted by molar-refractivity contribution is 7.93. The van der Waals surface area contributed by atoms with Crippen molar-refractivity contribution < 1.29 is 13.7 Å². The van der Waals surface area contributed by atoms with Crippen molar-refractivity contribution in [2.45, 2.75) is 13.0 Å². The lowest BCUT2D eigenvalue weighted by Crippen LogP contribution is -2.22. The van der Waals surface area contributed by atoms with E-state index in [1.807, 2.05) is 25.1 Å². The second-order valence-corrected chi connectivity index (χ2v) is 6.55. The summed E-state index contributed by atoms with van der Waals surface area (Å²) >= 11 is 0. The van der Waals surface area contributed by atoms with Gasteiger partial charge in [0.2, 0.25) is 0 Å². The Morgan fingerprint density at radius 1 is 1.47 bits per heavy atom. The van der Waals surface area contributed by atoms with Crippen LogP contribution in [0.3, 0.4) is 0 Å². The predicted octanol–water partition coefficient (Wildman–Crippen LogP) is 2.25. The van der Waals surface area contributed by atoms with Crippen molar-refractivity contribution in [3.63, 3.8) is 0 Å². The number of hydrogen-bond donors (Lipinski definition) is 0. The van der Waals surface area contributed by atoms with Gasteiger partial charge < -0.3 is 9.47 Å². The third-order valence-electron chi connectivity index (χ3n) is 2.69. The van der Waals surface area contributed by atoms with Crippen molar-refractivity contribution in [3.05, 3.63) is 23.8 Å². The zero-order chi connectivity index (χ0) is 12.5. The molecule has 0 radical (unpaired) electrons. The lowest BCUT2D eigenvalue weighted by Gasteiger charge is -2.24. The summed E-state index contributed by atoms with van der Waals surface area (Å²) in [6.45, 7) is 2.52. The Morgan fingerprint density at radius 2 is 2.18 bits per heavy atom. The molecule has 2 atom stereocenters. The van der Waals surface area contributed by atoms with Gasteiger partial charge in [-0.2, -0.15) is 0 Å². The molecule has 94 valence electrons. The van der Waals surface area contributed by atoms with Gasteiger partial charge in [-0.05, 0) is 24.6 Å². The topological polar surface area (TPSA) is 47.9 Å². The van der Waals surface area contributed by atoms with Crippen molar-refractivity contribution in [1.29, 1.82) is 0 Å². The molecule has 1 aromatic carbocycles. The van der Waals surface area contributed by atoms with Crippen LogP contribution in [-0.2, 0) is 9.73 Å². The van der Waals surface area contributed by atoms with Crippen LogP contribution in [0.15, 0.2) is 22.6 Å². The zero-order valence-electron chi connectivity index (χ0n) is 10.3. The molecular formula is C12H17NO3S. The summed E-state index contributed by atoms with van der Waals surface area (Å²) in [7, 11) is -0.301. The first-order valence-electron chi connectivity index (χ1n) is 5.55. The number of ether oxygens (including phenoxy) is 2. The van der Waals surface area contributed by atoms with Crippen LogP contribution >= 0.6 is 0 Å². The maximum Gasteiger partial charge on any atom is 0.161 e. The molecule has 1 aromatic rings. The van der Waals surface area contributed by atoms with Gasteiger partial charge in [-0.3, -0.25) is 0 Å². The second-order valence-electron chi connectivity index (χ2n) is 4.09. The van der Waals surface area contributed by atoms with Gasteiger partial charge in [0.25, 0.3) is 0 Å². The molecule has 0 N–H and O–H groups in total. The first kappa shape index (κ1) is 12.2. The number of hydrogen-bond acceptors (Lipinski definition) is 4. The largest absolute Gasteiger partial charge is 0.493 e. The van der Waals surface area contributed by atoms with Gasteiger partial charge in [0, 0.05) is 16.0 Å². The fourth-order valence-corrected chi connectivity index (χ4v) is 3.29. The molecule has 2 rings (SSSR count). The molecule has 0 amide bonds. The van der Waals surface area contributed by atoms with Crippen molar-refractivity contribution in [2.75, 3.05) is 25.7 Å². The van der Waals surface area contributed by atoms with Crippen molar-refractivity contribution in [1.82, 2.24) is 0 Å². The van der Waals surface area contributed by atoms with E-state index in [1.54, 1.807) is 13.4 Å². The summed E-state index contributed by atoms with van der Waals surface area (Å²) < 4.78 is 26.5. The van der Waals surface area contributed by atoms with Crippen molar-refractivity contribution >= 4 is 9.73 Å². The second kappa shape index (κ2) is 4.56. The van der Waals surface area contributed by atoms with Gasteiger partial charge in [0.05, 0.1) is 25.5 Å². The smallest absolute Gasteiger partial charge is 0.161 e. The van der Waals surface area contributed by atoms with Gasteiger partial charge in [0.15, 0.2) is 11.5 Å². The van der Waals surface area contributed by atoms with Crippen LogP contribution in [0.4, 0.5) is 0 Å². The summed E-state index contributed by atoms with van der Waals surface area (Å²) in [6.07, 6.45) is 1.69. The van der Waals surface area contributed by atoms with E-state index in [0.29, 0.717) is 18.1 Å². The van der Waals surface area contributed by atoms with E-state index in [0.717, 1.165) is 11.3 Å². The number of benzene rings is 1. The fourth-order valence-electron chi connectivity index (χ4n) is 1.88. The van der Waals surface area contributed by atoms with Crippen LogP contribution < -0.4 is 9.47 Å². The highest BCUT2D eigenvalue weighted by atomic mass is 32.2. The first-order valence-corrected chi connectivity index (χ1v) is 7.64. The molecule has 4 nitrogen and oxygen atoms in total. The van der Waals surface area contributed by atoms with E-state index >= 15 is 0 Å². The predicted molar refractivity (Wildman–Crippen MR) is 68.3 cm³/mol. The molecule has 2 unspecified atom stereocenters. The number of nitrogens with zero attached hydrogens (tertiary/aromatic N) is 1. The zero-order valence-corrected chi connectivity index (χ0v) is 11.1. The van der Waals surface area contributed by atoms with Crippen LogP contribution in [-0.4, -0.2) is 29.9 Å². The third kappa shape index (κ3) is 2.54. The summed E-state index contributed by atoms with van der Waals surface area (Å²) in [4.78, 5) is 0. The monoisotopic (exact) mass is 255 g/mol. The van der Waals surface area contributed by atoms with Gasteiger partial charge in [-0.15, -0.1) is 0 Å². The molecule has 0 spiro atoms.